The molecule has 4 nitrogen and oxygen atoms in total. The first kappa shape index (κ1) is 12.5. The summed E-state index contributed by atoms with van der Waals surface area (Å²) in [7, 11) is 0. The number of hydrogen-bond donors (Lipinski definition) is 2. The summed E-state index contributed by atoms with van der Waals surface area (Å²) in [6.07, 6.45) is 5.60. The minimum Gasteiger partial charge on any atom is -0.369 e. The smallest absolute Gasteiger partial charge is 0.231 e. The predicted molar refractivity (Wildman–Crippen MR) is 61.3 cm³/mol. The maximum atomic E-state index is 11.0. The van der Waals surface area contributed by atoms with Gasteiger partial charge in [-0.2, -0.15) is 0 Å². The number of carbonyl (C=O) groups excluding carboxylic acids is 1. The average molecular weight is 213 g/mol. The summed E-state index contributed by atoms with van der Waals surface area (Å²) in [5, 5.41) is 0. The lowest BCUT2D eigenvalue weighted by atomic mass is 10.1. The summed E-state index contributed by atoms with van der Waals surface area (Å²) in [6.45, 7) is 3.45. The molecule has 1 saturated carbocycles. The highest BCUT2D eigenvalue weighted by molar-refractivity contribution is 5.75. The van der Waals surface area contributed by atoms with E-state index in [9.17, 15) is 4.79 Å². The highest BCUT2D eigenvalue weighted by Gasteiger charge is 2.29. The van der Waals surface area contributed by atoms with Crippen molar-refractivity contribution in [2.75, 3.05) is 13.1 Å². The van der Waals surface area contributed by atoms with Crippen LogP contribution in [0.5, 0.6) is 0 Å². The number of carbonyl (C=O) groups is 1. The van der Waals surface area contributed by atoms with E-state index in [2.05, 4.69) is 11.8 Å². The van der Waals surface area contributed by atoms with Crippen LogP contribution in [0, 0.1) is 0 Å². The second-order valence-corrected chi connectivity index (χ2v) is 4.45. The van der Waals surface area contributed by atoms with Gasteiger partial charge in [0.05, 0.1) is 6.54 Å². The summed E-state index contributed by atoms with van der Waals surface area (Å²) in [5.74, 6) is -0.245. The van der Waals surface area contributed by atoms with Gasteiger partial charge in [-0.15, -0.1) is 0 Å². The minimum atomic E-state index is -0.245. The third-order valence-electron chi connectivity index (χ3n) is 3.16. The van der Waals surface area contributed by atoms with Crippen LogP contribution in [0.3, 0.4) is 0 Å². The van der Waals surface area contributed by atoms with E-state index in [0.717, 1.165) is 32.2 Å². The number of primary amides is 1. The SMILES string of the molecule is CCCCN(CC(N)=O)C1CCCC1N. The lowest BCUT2D eigenvalue weighted by molar-refractivity contribution is -0.119. The Morgan fingerprint density at radius 2 is 2.20 bits per heavy atom. The number of rotatable bonds is 6. The van der Waals surface area contributed by atoms with Crippen molar-refractivity contribution in [3.8, 4) is 0 Å². The minimum absolute atomic E-state index is 0.223. The summed E-state index contributed by atoms with van der Waals surface area (Å²) in [4.78, 5) is 13.1. The lowest BCUT2D eigenvalue weighted by Crippen LogP contribution is -2.48. The van der Waals surface area contributed by atoms with Crippen molar-refractivity contribution in [1.29, 1.82) is 0 Å². The Hall–Kier alpha value is -0.610. The monoisotopic (exact) mass is 213 g/mol. The van der Waals surface area contributed by atoms with Gasteiger partial charge in [0, 0.05) is 12.1 Å². The Labute approximate surface area is 92.0 Å². The van der Waals surface area contributed by atoms with Crippen LogP contribution in [0.4, 0.5) is 0 Å². The highest BCUT2D eigenvalue weighted by atomic mass is 16.1. The van der Waals surface area contributed by atoms with E-state index in [1.807, 2.05) is 0 Å². The van der Waals surface area contributed by atoms with E-state index in [1.54, 1.807) is 0 Å². The van der Waals surface area contributed by atoms with Gasteiger partial charge >= 0.3 is 0 Å². The normalized spacial score (nSPS) is 26.1. The van der Waals surface area contributed by atoms with Gasteiger partial charge in [-0.05, 0) is 25.8 Å². The quantitative estimate of drug-likeness (QED) is 0.673. The molecular weight excluding hydrogens is 190 g/mol. The fourth-order valence-corrected chi connectivity index (χ4v) is 2.35. The molecule has 0 saturated heterocycles. The summed E-state index contributed by atoms with van der Waals surface area (Å²) in [6, 6.07) is 0.588. The van der Waals surface area contributed by atoms with Crippen molar-refractivity contribution in [2.24, 2.45) is 11.5 Å². The Balaban J connectivity index is 2.49. The third-order valence-corrected chi connectivity index (χ3v) is 3.16. The molecule has 1 fully saturated rings. The van der Waals surface area contributed by atoms with Crippen molar-refractivity contribution >= 4 is 5.91 Å². The summed E-state index contributed by atoms with van der Waals surface area (Å²) in [5.41, 5.74) is 11.3. The molecule has 0 heterocycles. The molecule has 0 bridgehead atoms. The molecule has 1 amide bonds. The Bertz CT molecular complexity index is 208. The summed E-state index contributed by atoms with van der Waals surface area (Å²) >= 11 is 0. The fraction of sp³-hybridized carbons (Fsp3) is 0.909. The maximum Gasteiger partial charge on any atom is 0.231 e. The highest BCUT2D eigenvalue weighted by Crippen LogP contribution is 2.22. The number of amides is 1. The van der Waals surface area contributed by atoms with E-state index in [4.69, 9.17) is 11.5 Å². The molecule has 1 aliphatic carbocycles. The van der Waals surface area contributed by atoms with E-state index in [0.29, 0.717) is 12.6 Å². The fourth-order valence-electron chi connectivity index (χ4n) is 2.35. The summed E-state index contributed by atoms with van der Waals surface area (Å²) < 4.78 is 0. The van der Waals surface area contributed by atoms with Crippen LogP contribution in [0.1, 0.15) is 39.0 Å². The van der Waals surface area contributed by atoms with Crippen LogP contribution in [-0.4, -0.2) is 36.0 Å². The van der Waals surface area contributed by atoms with Crippen molar-refractivity contribution in [2.45, 2.75) is 51.1 Å². The topological polar surface area (TPSA) is 72.3 Å². The van der Waals surface area contributed by atoms with Crippen LogP contribution in [-0.2, 0) is 4.79 Å². The molecule has 0 aromatic rings. The third kappa shape index (κ3) is 3.80. The van der Waals surface area contributed by atoms with Crippen molar-refractivity contribution in [1.82, 2.24) is 4.90 Å². The van der Waals surface area contributed by atoms with Gasteiger partial charge in [-0.3, -0.25) is 9.69 Å². The van der Waals surface area contributed by atoms with Crippen LogP contribution in [0.2, 0.25) is 0 Å². The van der Waals surface area contributed by atoms with Crippen LogP contribution >= 0.6 is 0 Å². The van der Waals surface area contributed by atoms with E-state index >= 15 is 0 Å². The molecule has 1 rings (SSSR count). The van der Waals surface area contributed by atoms with Gasteiger partial charge in [0.15, 0.2) is 0 Å². The van der Waals surface area contributed by atoms with Gasteiger partial charge in [0.2, 0.25) is 5.91 Å². The molecule has 0 aromatic heterocycles. The Morgan fingerprint density at radius 3 is 2.67 bits per heavy atom. The first-order chi connectivity index (χ1) is 7.15. The molecule has 88 valence electrons. The number of unbranched alkanes of at least 4 members (excludes halogenated alkanes) is 1. The average Bonchev–Trinajstić information content (AvgIpc) is 2.58. The van der Waals surface area contributed by atoms with Crippen molar-refractivity contribution < 1.29 is 4.79 Å². The zero-order valence-electron chi connectivity index (χ0n) is 9.61. The van der Waals surface area contributed by atoms with Crippen molar-refractivity contribution in [3.63, 3.8) is 0 Å². The predicted octanol–water partition coefficient (Wildman–Crippen LogP) is 0.454. The zero-order chi connectivity index (χ0) is 11.3. The Morgan fingerprint density at radius 1 is 1.47 bits per heavy atom. The molecular formula is C11H23N3O. The van der Waals surface area contributed by atoms with Gasteiger partial charge in [-0.25, -0.2) is 0 Å². The molecule has 4 heteroatoms. The van der Waals surface area contributed by atoms with Gasteiger partial charge in [-0.1, -0.05) is 19.8 Å². The van der Waals surface area contributed by atoms with Crippen LogP contribution in [0.15, 0.2) is 0 Å². The molecule has 1 aliphatic rings. The maximum absolute atomic E-state index is 11.0. The standard InChI is InChI=1S/C11H23N3O/c1-2-3-7-14(8-11(13)15)10-6-4-5-9(10)12/h9-10H,2-8,12H2,1H3,(H2,13,15). The second-order valence-electron chi connectivity index (χ2n) is 4.45. The number of nitrogens with zero attached hydrogens (tertiary/aromatic N) is 1. The molecule has 2 atom stereocenters. The zero-order valence-corrected chi connectivity index (χ0v) is 9.61. The molecule has 2 unspecified atom stereocenters. The Kier molecular flexibility index (Phi) is 5.05. The van der Waals surface area contributed by atoms with Gasteiger partial charge in [0.25, 0.3) is 0 Å². The molecule has 0 aromatic carbocycles. The molecule has 4 N–H and O–H groups in total. The van der Waals surface area contributed by atoms with Crippen LogP contribution < -0.4 is 11.5 Å². The van der Waals surface area contributed by atoms with Crippen LogP contribution in [0.25, 0.3) is 0 Å². The lowest BCUT2D eigenvalue weighted by Gasteiger charge is -2.30. The number of hydrogen-bond acceptors (Lipinski definition) is 3. The van der Waals surface area contributed by atoms with Crippen molar-refractivity contribution in [3.05, 3.63) is 0 Å². The number of nitrogens with two attached hydrogens (primary N) is 2. The molecule has 0 spiro atoms. The van der Waals surface area contributed by atoms with Gasteiger partial charge < -0.3 is 11.5 Å². The second kappa shape index (κ2) is 6.08. The largest absolute Gasteiger partial charge is 0.369 e. The van der Waals surface area contributed by atoms with E-state index in [1.165, 1.54) is 6.42 Å². The first-order valence-electron chi connectivity index (χ1n) is 5.93. The molecule has 0 aliphatic heterocycles. The first-order valence-corrected chi connectivity index (χ1v) is 5.93. The van der Waals surface area contributed by atoms with E-state index in [-0.39, 0.29) is 11.9 Å². The molecule has 15 heavy (non-hydrogen) atoms. The van der Waals surface area contributed by atoms with E-state index < -0.39 is 0 Å². The molecule has 0 radical (unpaired) electrons. The van der Waals surface area contributed by atoms with Gasteiger partial charge in [0.1, 0.15) is 0 Å².